The minimum Gasteiger partial charge on any atom is -0.480 e. The number of aryl methyl sites for hydroxylation is 2. The zero-order chi connectivity index (χ0) is 16.7. The molecule has 2 atom stereocenters. The standard InChI is InChI=1S/C18H24N2O3/c1-11-5-6-16-14(7-11)12(2)17(23-16)10-20-9-13(19(3)4)8-15(20)18(21)22/h5-7,13,15H,8-10H2,1-4H3,(H,21,22)/t13-,15+/m1/s1. The van der Waals surface area contributed by atoms with Crippen molar-refractivity contribution in [1.29, 1.82) is 0 Å². The van der Waals surface area contributed by atoms with Crippen LogP contribution in [0.15, 0.2) is 22.6 Å². The monoisotopic (exact) mass is 316 g/mol. The molecule has 2 heterocycles. The molecule has 2 aromatic rings. The van der Waals surface area contributed by atoms with Crippen LogP contribution in [-0.2, 0) is 11.3 Å². The van der Waals surface area contributed by atoms with E-state index in [0.717, 1.165) is 28.8 Å². The van der Waals surface area contributed by atoms with Crippen LogP contribution in [0.1, 0.15) is 23.3 Å². The average molecular weight is 316 g/mol. The Morgan fingerprint density at radius 3 is 2.78 bits per heavy atom. The van der Waals surface area contributed by atoms with Gasteiger partial charge in [-0.2, -0.15) is 0 Å². The molecule has 0 unspecified atom stereocenters. The number of carboxylic acid groups (broad SMARTS) is 1. The Morgan fingerprint density at radius 1 is 1.39 bits per heavy atom. The summed E-state index contributed by atoms with van der Waals surface area (Å²) in [6.07, 6.45) is 0.653. The fraction of sp³-hybridized carbons (Fsp3) is 0.500. The highest BCUT2D eigenvalue weighted by atomic mass is 16.4. The van der Waals surface area contributed by atoms with E-state index >= 15 is 0 Å². The number of benzene rings is 1. The Bertz CT molecular complexity index is 735. The van der Waals surface area contributed by atoms with Gasteiger partial charge in [-0.15, -0.1) is 0 Å². The first-order valence-electron chi connectivity index (χ1n) is 7.98. The summed E-state index contributed by atoms with van der Waals surface area (Å²) in [6, 6.07) is 5.97. The van der Waals surface area contributed by atoms with Crippen LogP contribution < -0.4 is 0 Å². The van der Waals surface area contributed by atoms with E-state index in [4.69, 9.17) is 4.42 Å². The Morgan fingerprint density at radius 2 is 2.13 bits per heavy atom. The fourth-order valence-corrected chi connectivity index (χ4v) is 3.41. The SMILES string of the molecule is Cc1ccc2oc(CN3C[C@H](N(C)C)C[C@H]3C(=O)O)c(C)c2c1. The lowest BCUT2D eigenvalue weighted by Crippen LogP contribution is -2.35. The van der Waals surface area contributed by atoms with Gasteiger partial charge in [-0.25, -0.2) is 0 Å². The van der Waals surface area contributed by atoms with Gasteiger partial charge in [0.2, 0.25) is 0 Å². The number of hydrogen-bond acceptors (Lipinski definition) is 4. The van der Waals surface area contributed by atoms with Crippen molar-refractivity contribution >= 4 is 16.9 Å². The third-order valence-corrected chi connectivity index (χ3v) is 4.93. The molecule has 1 aromatic carbocycles. The van der Waals surface area contributed by atoms with E-state index in [1.807, 2.05) is 31.1 Å². The van der Waals surface area contributed by atoms with Gasteiger partial charge >= 0.3 is 5.97 Å². The molecule has 124 valence electrons. The summed E-state index contributed by atoms with van der Waals surface area (Å²) in [5, 5.41) is 10.6. The zero-order valence-electron chi connectivity index (χ0n) is 14.2. The molecule has 0 bridgehead atoms. The largest absolute Gasteiger partial charge is 0.480 e. The molecular formula is C18H24N2O3. The van der Waals surface area contributed by atoms with Crippen molar-refractivity contribution in [2.45, 2.75) is 38.9 Å². The van der Waals surface area contributed by atoms with Crippen LogP contribution in [0.25, 0.3) is 11.0 Å². The number of nitrogens with zero attached hydrogens (tertiary/aromatic N) is 2. The van der Waals surface area contributed by atoms with Crippen LogP contribution in [-0.4, -0.2) is 53.6 Å². The Balaban J connectivity index is 1.88. The Labute approximate surface area is 136 Å². The van der Waals surface area contributed by atoms with Gasteiger partial charge in [-0.3, -0.25) is 9.69 Å². The molecule has 0 spiro atoms. The van der Waals surface area contributed by atoms with Gasteiger partial charge in [-0.1, -0.05) is 11.6 Å². The zero-order valence-corrected chi connectivity index (χ0v) is 14.2. The first kappa shape index (κ1) is 16.0. The van der Waals surface area contributed by atoms with E-state index in [1.165, 1.54) is 5.56 Å². The van der Waals surface area contributed by atoms with E-state index in [2.05, 4.69) is 24.8 Å². The Hall–Kier alpha value is -1.85. The normalized spacial score (nSPS) is 22.3. The van der Waals surface area contributed by atoms with E-state index < -0.39 is 12.0 Å². The minimum atomic E-state index is -0.751. The van der Waals surface area contributed by atoms with Crippen molar-refractivity contribution in [2.24, 2.45) is 0 Å². The second kappa shape index (κ2) is 5.98. The van der Waals surface area contributed by atoms with Crippen LogP contribution in [0.5, 0.6) is 0 Å². The quantitative estimate of drug-likeness (QED) is 0.940. The third kappa shape index (κ3) is 2.99. The molecule has 1 aliphatic heterocycles. The van der Waals surface area contributed by atoms with Crippen LogP contribution in [0.3, 0.4) is 0 Å². The number of carboxylic acids is 1. The summed E-state index contributed by atoms with van der Waals surface area (Å²) in [5.74, 6) is 0.121. The first-order valence-corrected chi connectivity index (χ1v) is 7.98. The lowest BCUT2D eigenvalue weighted by Gasteiger charge is -2.21. The number of likely N-dealkylation sites (tertiary alicyclic amines) is 1. The summed E-state index contributed by atoms with van der Waals surface area (Å²) in [6.45, 7) is 5.41. The molecule has 1 aromatic heterocycles. The van der Waals surface area contributed by atoms with Crippen LogP contribution >= 0.6 is 0 Å². The molecule has 1 fully saturated rings. The molecule has 0 radical (unpaired) electrons. The fourth-order valence-electron chi connectivity index (χ4n) is 3.41. The van der Waals surface area contributed by atoms with Crippen molar-refractivity contribution in [3.8, 4) is 0 Å². The van der Waals surface area contributed by atoms with Gasteiger partial charge in [0, 0.05) is 18.0 Å². The summed E-state index contributed by atoms with van der Waals surface area (Å²) < 4.78 is 5.99. The van der Waals surface area contributed by atoms with Crippen molar-refractivity contribution in [2.75, 3.05) is 20.6 Å². The molecule has 23 heavy (non-hydrogen) atoms. The lowest BCUT2D eigenvalue weighted by atomic mass is 10.1. The topological polar surface area (TPSA) is 56.9 Å². The van der Waals surface area contributed by atoms with E-state index in [9.17, 15) is 9.90 Å². The number of aliphatic carboxylic acids is 1. The molecule has 0 amide bonds. The highest BCUT2D eigenvalue weighted by Crippen LogP contribution is 2.30. The highest BCUT2D eigenvalue weighted by molar-refractivity contribution is 5.82. The third-order valence-electron chi connectivity index (χ3n) is 4.93. The molecule has 1 saturated heterocycles. The number of fused-ring (bicyclic) bond motifs is 1. The van der Waals surface area contributed by atoms with Gasteiger partial charge < -0.3 is 14.4 Å². The average Bonchev–Trinajstić information content (AvgIpc) is 3.03. The van der Waals surface area contributed by atoms with Crippen molar-refractivity contribution in [3.63, 3.8) is 0 Å². The van der Waals surface area contributed by atoms with Gasteiger partial charge in [0.15, 0.2) is 0 Å². The van der Waals surface area contributed by atoms with Crippen molar-refractivity contribution < 1.29 is 14.3 Å². The maximum atomic E-state index is 11.6. The number of likely N-dealkylation sites (N-methyl/N-ethyl adjacent to an activating group) is 1. The molecule has 1 aliphatic rings. The van der Waals surface area contributed by atoms with E-state index in [-0.39, 0.29) is 6.04 Å². The predicted octanol–water partition coefficient (Wildman–Crippen LogP) is 2.64. The van der Waals surface area contributed by atoms with Gasteiger partial charge in [0.1, 0.15) is 17.4 Å². The molecule has 3 rings (SSSR count). The molecule has 0 saturated carbocycles. The molecular weight excluding hydrogens is 292 g/mol. The van der Waals surface area contributed by atoms with Gasteiger partial charge in [0.05, 0.1) is 6.54 Å². The number of carbonyl (C=O) groups is 1. The molecule has 1 N–H and O–H groups in total. The van der Waals surface area contributed by atoms with Crippen molar-refractivity contribution in [1.82, 2.24) is 9.80 Å². The predicted molar refractivity (Wildman–Crippen MR) is 89.6 cm³/mol. The number of rotatable bonds is 4. The Kier molecular flexibility index (Phi) is 4.17. The lowest BCUT2D eigenvalue weighted by molar-refractivity contribution is -0.142. The van der Waals surface area contributed by atoms with Gasteiger partial charge in [-0.05, 0) is 52.1 Å². The van der Waals surface area contributed by atoms with E-state index in [0.29, 0.717) is 13.0 Å². The summed E-state index contributed by atoms with van der Waals surface area (Å²) in [5.41, 5.74) is 3.18. The maximum Gasteiger partial charge on any atom is 0.320 e. The molecule has 5 heteroatoms. The highest BCUT2D eigenvalue weighted by Gasteiger charge is 2.38. The smallest absolute Gasteiger partial charge is 0.320 e. The van der Waals surface area contributed by atoms with Crippen LogP contribution in [0, 0.1) is 13.8 Å². The van der Waals surface area contributed by atoms with Crippen LogP contribution in [0.4, 0.5) is 0 Å². The maximum absolute atomic E-state index is 11.6. The summed E-state index contributed by atoms with van der Waals surface area (Å²) in [7, 11) is 4.00. The van der Waals surface area contributed by atoms with Crippen molar-refractivity contribution in [3.05, 3.63) is 35.1 Å². The minimum absolute atomic E-state index is 0.267. The first-order chi connectivity index (χ1) is 10.9. The second-order valence-corrected chi connectivity index (χ2v) is 6.79. The summed E-state index contributed by atoms with van der Waals surface area (Å²) >= 11 is 0. The van der Waals surface area contributed by atoms with Crippen LogP contribution in [0.2, 0.25) is 0 Å². The summed E-state index contributed by atoms with van der Waals surface area (Å²) in [4.78, 5) is 15.7. The molecule has 0 aliphatic carbocycles. The van der Waals surface area contributed by atoms with Gasteiger partial charge in [0.25, 0.3) is 0 Å². The number of hydrogen-bond donors (Lipinski definition) is 1. The van der Waals surface area contributed by atoms with E-state index in [1.54, 1.807) is 0 Å². The molecule has 5 nitrogen and oxygen atoms in total. The number of furan rings is 1. The second-order valence-electron chi connectivity index (χ2n) is 6.79.